The van der Waals surface area contributed by atoms with Crippen molar-refractivity contribution in [1.82, 2.24) is 5.32 Å². The molecule has 1 N–H and O–H groups in total. The molecule has 2 atom stereocenters. The van der Waals surface area contributed by atoms with E-state index >= 15 is 0 Å². The van der Waals surface area contributed by atoms with Crippen molar-refractivity contribution in [3.05, 3.63) is 29.8 Å². The minimum Gasteiger partial charge on any atom is -0.478 e. The van der Waals surface area contributed by atoms with Gasteiger partial charge in [-0.15, -0.1) is 0 Å². The van der Waals surface area contributed by atoms with Gasteiger partial charge >= 0.3 is 0 Å². The van der Waals surface area contributed by atoms with Gasteiger partial charge < -0.3 is 10.1 Å². The van der Waals surface area contributed by atoms with Gasteiger partial charge in [-0.25, -0.2) is 0 Å². The molecule has 0 saturated heterocycles. The van der Waals surface area contributed by atoms with Gasteiger partial charge in [0.05, 0.1) is 0 Å². The molecule has 0 spiro atoms. The molecule has 1 aromatic carbocycles. The molecule has 1 aromatic rings. The molecule has 2 unspecified atom stereocenters. The molecule has 0 radical (unpaired) electrons. The third-order valence-corrected chi connectivity index (χ3v) is 4.06. The fourth-order valence-electron chi connectivity index (χ4n) is 3.06. The van der Waals surface area contributed by atoms with E-state index in [1.807, 2.05) is 24.3 Å². The second-order valence-corrected chi connectivity index (χ2v) is 5.82. The SMILES string of the molecule is CC1CCCC(CNCc2ccccc2OCC#N)C1. The van der Waals surface area contributed by atoms with Crippen LogP contribution in [0.15, 0.2) is 24.3 Å². The Balaban J connectivity index is 1.80. The molecule has 1 fully saturated rings. The molecule has 1 saturated carbocycles. The van der Waals surface area contributed by atoms with Crippen LogP contribution in [-0.2, 0) is 6.54 Å². The average Bonchev–Trinajstić information content (AvgIpc) is 2.46. The molecular formula is C17H24N2O. The van der Waals surface area contributed by atoms with E-state index in [0.29, 0.717) is 0 Å². The highest BCUT2D eigenvalue weighted by atomic mass is 16.5. The maximum Gasteiger partial charge on any atom is 0.174 e. The van der Waals surface area contributed by atoms with Gasteiger partial charge in [-0.3, -0.25) is 0 Å². The number of hydrogen-bond acceptors (Lipinski definition) is 3. The summed E-state index contributed by atoms with van der Waals surface area (Å²) in [5, 5.41) is 12.1. The van der Waals surface area contributed by atoms with E-state index in [4.69, 9.17) is 10.00 Å². The largest absolute Gasteiger partial charge is 0.478 e. The minimum absolute atomic E-state index is 0.108. The van der Waals surface area contributed by atoms with Crippen molar-refractivity contribution in [1.29, 1.82) is 5.26 Å². The maximum absolute atomic E-state index is 8.60. The van der Waals surface area contributed by atoms with Crippen LogP contribution in [0.4, 0.5) is 0 Å². The first-order chi connectivity index (χ1) is 9.79. The fourth-order valence-corrected chi connectivity index (χ4v) is 3.06. The Labute approximate surface area is 121 Å². The number of hydrogen-bond donors (Lipinski definition) is 1. The van der Waals surface area contributed by atoms with Crippen LogP contribution in [0.25, 0.3) is 0 Å². The first-order valence-electron chi connectivity index (χ1n) is 7.58. The number of rotatable bonds is 6. The minimum atomic E-state index is 0.108. The molecule has 20 heavy (non-hydrogen) atoms. The molecule has 1 aliphatic rings. The normalized spacial score (nSPS) is 22.2. The second-order valence-electron chi connectivity index (χ2n) is 5.82. The highest BCUT2D eigenvalue weighted by Gasteiger charge is 2.18. The van der Waals surface area contributed by atoms with Crippen molar-refractivity contribution in [2.75, 3.05) is 13.2 Å². The van der Waals surface area contributed by atoms with Crippen LogP contribution in [-0.4, -0.2) is 13.2 Å². The summed E-state index contributed by atoms with van der Waals surface area (Å²) in [6.07, 6.45) is 5.46. The first-order valence-corrected chi connectivity index (χ1v) is 7.58. The highest BCUT2D eigenvalue weighted by Crippen LogP contribution is 2.28. The number of nitriles is 1. The molecule has 0 bridgehead atoms. The Morgan fingerprint density at radius 1 is 1.35 bits per heavy atom. The molecule has 3 nitrogen and oxygen atoms in total. The molecule has 2 rings (SSSR count). The molecule has 1 aliphatic carbocycles. The van der Waals surface area contributed by atoms with Crippen molar-refractivity contribution >= 4 is 0 Å². The van der Waals surface area contributed by atoms with Crippen LogP contribution in [0.1, 0.15) is 38.2 Å². The molecule has 0 aliphatic heterocycles. The average molecular weight is 272 g/mol. The lowest BCUT2D eigenvalue weighted by molar-refractivity contribution is 0.273. The fraction of sp³-hybridized carbons (Fsp3) is 0.588. The molecule has 0 heterocycles. The summed E-state index contributed by atoms with van der Waals surface area (Å²) in [5.41, 5.74) is 1.13. The molecule has 0 aromatic heterocycles. The maximum atomic E-state index is 8.60. The summed E-state index contributed by atoms with van der Waals surface area (Å²) in [7, 11) is 0. The van der Waals surface area contributed by atoms with Gasteiger partial charge in [-0.2, -0.15) is 5.26 Å². The Morgan fingerprint density at radius 3 is 3.00 bits per heavy atom. The van der Waals surface area contributed by atoms with Crippen LogP contribution in [0, 0.1) is 23.2 Å². The monoisotopic (exact) mass is 272 g/mol. The van der Waals surface area contributed by atoms with Crippen LogP contribution < -0.4 is 10.1 Å². The highest BCUT2D eigenvalue weighted by molar-refractivity contribution is 5.33. The van der Waals surface area contributed by atoms with Gasteiger partial charge in [-0.05, 0) is 37.3 Å². The van der Waals surface area contributed by atoms with Crippen molar-refractivity contribution in [3.8, 4) is 11.8 Å². The number of nitrogens with zero attached hydrogens (tertiary/aromatic N) is 1. The Morgan fingerprint density at radius 2 is 2.20 bits per heavy atom. The summed E-state index contributed by atoms with van der Waals surface area (Å²) in [6.45, 7) is 4.36. The van der Waals surface area contributed by atoms with Gasteiger partial charge in [0.2, 0.25) is 0 Å². The lowest BCUT2D eigenvalue weighted by Crippen LogP contribution is -2.26. The van der Waals surface area contributed by atoms with Crippen molar-refractivity contribution in [3.63, 3.8) is 0 Å². The third kappa shape index (κ3) is 4.54. The third-order valence-electron chi connectivity index (χ3n) is 4.06. The molecule has 0 amide bonds. The Bertz CT molecular complexity index is 453. The summed E-state index contributed by atoms with van der Waals surface area (Å²) in [6, 6.07) is 9.96. The molecule has 3 heteroatoms. The first kappa shape index (κ1) is 14.9. The van der Waals surface area contributed by atoms with Gasteiger partial charge in [0.25, 0.3) is 0 Å². The van der Waals surface area contributed by atoms with E-state index in [1.54, 1.807) is 0 Å². The summed E-state index contributed by atoms with van der Waals surface area (Å²) in [4.78, 5) is 0. The number of benzene rings is 1. The van der Waals surface area contributed by atoms with Crippen molar-refractivity contribution in [2.45, 2.75) is 39.2 Å². The topological polar surface area (TPSA) is 45.0 Å². The molecular weight excluding hydrogens is 248 g/mol. The number of ether oxygens (including phenoxy) is 1. The van der Waals surface area contributed by atoms with Gasteiger partial charge in [-0.1, -0.05) is 38.0 Å². The lowest BCUT2D eigenvalue weighted by Gasteiger charge is -2.27. The standard InChI is InChI=1S/C17H24N2O/c1-14-5-4-6-15(11-14)12-19-13-16-7-2-3-8-17(16)20-10-9-18/h2-3,7-8,14-15,19H,4-6,10-13H2,1H3. The van der Waals surface area contributed by atoms with Crippen LogP contribution in [0.3, 0.4) is 0 Å². The Kier molecular flexibility index (Phi) is 5.88. The number of nitrogens with one attached hydrogen (secondary N) is 1. The predicted octanol–water partition coefficient (Wildman–Crippen LogP) is 3.50. The van der Waals surface area contributed by atoms with Gasteiger partial charge in [0, 0.05) is 12.1 Å². The quantitative estimate of drug-likeness (QED) is 0.862. The zero-order chi connectivity index (χ0) is 14.2. The van der Waals surface area contributed by atoms with Crippen LogP contribution in [0.2, 0.25) is 0 Å². The smallest absolute Gasteiger partial charge is 0.174 e. The van der Waals surface area contributed by atoms with E-state index in [9.17, 15) is 0 Å². The Hall–Kier alpha value is -1.53. The second kappa shape index (κ2) is 7.91. The van der Waals surface area contributed by atoms with E-state index in [0.717, 1.165) is 36.2 Å². The number of para-hydroxylation sites is 1. The van der Waals surface area contributed by atoms with E-state index in [2.05, 4.69) is 18.3 Å². The summed E-state index contributed by atoms with van der Waals surface area (Å²) in [5.74, 6) is 2.51. The zero-order valence-electron chi connectivity index (χ0n) is 12.3. The van der Waals surface area contributed by atoms with Crippen molar-refractivity contribution < 1.29 is 4.74 Å². The summed E-state index contributed by atoms with van der Waals surface area (Å²) >= 11 is 0. The van der Waals surface area contributed by atoms with Crippen LogP contribution >= 0.6 is 0 Å². The van der Waals surface area contributed by atoms with Crippen molar-refractivity contribution in [2.24, 2.45) is 11.8 Å². The van der Waals surface area contributed by atoms with E-state index in [-0.39, 0.29) is 6.61 Å². The van der Waals surface area contributed by atoms with Gasteiger partial charge in [0.15, 0.2) is 6.61 Å². The van der Waals surface area contributed by atoms with Crippen LogP contribution in [0.5, 0.6) is 5.75 Å². The lowest BCUT2D eigenvalue weighted by atomic mass is 9.82. The van der Waals surface area contributed by atoms with E-state index in [1.165, 1.54) is 25.7 Å². The predicted molar refractivity (Wildman–Crippen MR) is 80.4 cm³/mol. The van der Waals surface area contributed by atoms with Gasteiger partial charge in [0.1, 0.15) is 11.8 Å². The van der Waals surface area contributed by atoms with E-state index < -0.39 is 0 Å². The molecule has 108 valence electrons. The zero-order valence-corrected chi connectivity index (χ0v) is 12.3. The summed E-state index contributed by atoms with van der Waals surface area (Å²) < 4.78 is 5.44.